The summed E-state index contributed by atoms with van der Waals surface area (Å²) in [6, 6.07) is 0. The zero-order valence-corrected chi connectivity index (χ0v) is 5.28. The lowest BCUT2D eigenvalue weighted by Crippen LogP contribution is -2.18. The van der Waals surface area contributed by atoms with E-state index in [4.69, 9.17) is 0 Å². The van der Waals surface area contributed by atoms with E-state index in [9.17, 15) is 9.18 Å². The normalized spacial score (nSPS) is 10.6. The fourth-order valence-corrected chi connectivity index (χ4v) is 0.777. The third-order valence-corrected chi connectivity index (χ3v) is 1.27. The summed E-state index contributed by atoms with van der Waals surface area (Å²) in [5.41, 5.74) is -0.771. The highest BCUT2D eigenvalue weighted by atomic mass is 19.1. The summed E-state index contributed by atoms with van der Waals surface area (Å²) in [7, 11) is 0. The van der Waals surface area contributed by atoms with Gasteiger partial charge in [-0.05, 0) is 0 Å². The maximum absolute atomic E-state index is 12.5. The maximum Gasteiger partial charge on any atom is 0.309 e. The molecule has 0 aromatic carbocycles. The Morgan fingerprint density at radius 2 is 2.36 bits per heavy atom. The SMILES string of the molecule is O=c1c(F)cnc2nc[nH]n12. The number of rotatable bonds is 0. The van der Waals surface area contributed by atoms with E-state index in [1.807, 2.05) is 0 Å². The molecule has 11 heavy (non-hydrogen) atoms. The first-order valence-corrected chi connectivity index (χ1v) is 2.85. The van der Waals surface area contributed by atoms with Crippen LogP contribution in [0.3, 0.4) is 0 Å². The quantitative estimate of drug-likeness (QED) is 0.559. The van der Waals surface area contributed by atoms with Crippen LogP contribution in [0.5, 0.6) is 0 Å². The van der Waals surface area contributed by atoms with Gasteiger partial charge >= 0.3 is 5.56 Å². The zero-order valence-electron chi connectivity index (χ0n) is 5.28. The largest absolute Gasteiger partial charge is 0.309 e. The summed E-state index contributed by atoms with van der Waals surface area (Å²) in [5.74, 6) is -0.733. The average molecular weight is 154 g/mol. The number of fused-ring (bicyclic) bond motifs is 1. The van der Waals surface area contributed by atoms with Gasteiger partial charge in [-0.15, -0.1) is 0 Å². The number of H-pyrrole nitrogens is 1. The second kappa shape index (κ2) is 1.88. The maximum atomic E-state index is 12.5. The minimum Gasteiger partial charge on any atom is -0.278 e. The summed E-state index contributed by atoms with van der Waals surface area (Å²) in [5, 5.41) is 2.42. The molecule has 0 atom stereocenters. The van der Waals surface area contributed by atoms with E-state index in [1.54, 1.807) is 0 Å². The van der Waals surface area contributed by atoms with Crippen LogP contribution in [0.4, 0.5) is 4.39 Å². The van der Waals surface area contributed by atoms with Gasteiger partial charge < -0.3 is 0 Å². The lowest BCUT2D eigenvalue weighted by Gasteiger charge is -1.88. The van der Waals surface area contributed by atoms with Crippen molar-refractivity contribution in [2.75, 3.05) is 0 Å². The minimum atomic E-state index is -0.897. The Bertz CT molecular complexity index is 445. The molecule has 0 saturated heterocycles. The highest BCUT2D eigenvalue weighted by Gasteiger charge is 2.03. The van der Waals surface area contributed by atoms with Crippen molar-refractivity contribution in [3.8, 4) is 0 Å². The molecule has 2 aromatic rings. The number of hydrogen-bond acceptors (Lipinski definition) is 3. The van der Waals surface area contributed by atoms with Crippen LogP contribution in [0.15, 0.2) is 17.3 Å². The van der Waals surface area contributed by atoms with Gasteiger partial charge in [0.1, 0.15) is 6.33 Å². The molecule has 0 amide bonds. The van der Waals surface area contributed by atoms with Crippen molar-refractivity contribution in [2.24, 2.45) is 0 Å². The zero-order chi connectivity index (χ0) is 7.84. The van der Waals surface area contributed by atoms with Crippen LogP contribution >= 0.6 is 0 Å². The highest BCUT2D eigenvalue weighted by molar-refractivity contribution is 5.22. The molecule has 0 unspecified atom stereocenters. The molecule has 2 rings (SSSR count). The van der Waals surface area contributed by atoms with Crippen LogP contribution in [-0.4, -0.2) is 19.6 Å². The molecular formula is C5H3FN4O. The molecular weight excluding hydrogens is 151 g/mol. The van der Waals surface area contributed by atoms with Gasteiger partial charge in [-0.1, -0.05) is 0 Å². The molecule has 0 aliphatic carbocycles. The van der Waals surface area contributed by atoms with Crippen LogP contribution in [0.1, 0.15) is 0 Å². The number of aromatic nitrogens is 4. The first-order chi connectivity index (χ1) is 5.29. The molecule has 2 aromatic heterocycles. The number of nitrogens with zero attached hydrogens (tertiary/aromatic N) is 3. The fourth-order valence-electron chi connectivity index (χ4n) is 0.777. The summed E-state index contributed by atoms with van der Waals surface area (Å²) < 4.78 is 13.4. The molecule has 56 valence electrons. The second-order valence-electron chi connectivity index (χ2n) is 1.93. The van der Waals surface area contributed by atoms with Gasteiger partial charge in [0.15, 0.2) is 0 Å². The summed E-state index contributed by atoms with van der Waals surface area (Å²) in [6.45, 7) is 0. The molecule has 2 heterocycles. The Morgan fingerprint density at radius 3 is 3.18 bits per heavy atom. The van der Waals surface area contributed by atoms with Gasteiger partial charge in [-0.25, -0.2) is 9.97 Å². The van der Waals surface area contributed by atoms with Crippen molar-refractivity contribution < 1.29 is 4.39 Å². The van der Waals surface area contributed by atoms with E-state index < -0.39 is 11.4 Å². The van der Waals surface area contributed by atoms with E-state index >= 15 is 0 Å². The van der Waals surface area contributed by atoms with Crippen molar-refractivity contribution >= 4 is 5.78 Å². The molecule has 6 heteroatoms. The predicted molar refractivity (Wildman–Crippen MR) is 33.6 cm³/mol. The van der Waals surface area contributed by atoms with Crippen LogP contribution in [0.2, 0.25) is 0 Å². The summed E-state index contributed by atoms with van der Waals surface area (Å²) in [4.78, 5) is 18.1. The first-order valence-electron chi connectivity index (χ1n) is 2.85. The Labute approximate surface area is 59.5 Å². The van der Waals surface area contributed by atoms with E-state index in [0.29, 0.717) is 0 Å². The molecule has 0 radical (unpaired) electrons. The molecule has 0 fully saturated rings. The van der Waals surface area contributed by atoms with Crippen molar-refractivity contribution in [3.63, 3.8) is 0 Å². The third kappa shape index (κ3) is 0.721. The van der Waals surface area contributed by atoms with Crippen molar-refractivity contribution in [3.05, 3.63) is 28.7 Å². The fraction of sp³-hybridized carbons (Fsp3) is 0. The van der Waals surface area contributed by atoms with E-state index in [2.05, 4.69) is 15.1 Å². The van der Waals surface area contributed by atoms with Crippen LogP contribution < -0.4 is 5.56 Å². The van der Waals surface area contributed by atoms with Gasteiger partial charge in [0.25, 0.3) is 5.78 Å². The molecule has 1 N–H and O–H groups in total. The van der Waals surface area contributed by atoms with Crippen molar-refractivity contribution in [1.82, 2.24) is 19.6 Å². The highest BCUT2D eigenvalue weighted by Crippen LogP contribution is 1.88. The summed E-state index contributed by atoms with van der Waals surface area (Å²) in [6.07, 6.45) is 2.11. The molecule has 0 saturated carbocycles. The smallest absolute Gasteiger partial charge is 0.278 e. The number of nitrogens with one attached hydrogen (secondary N) is 1. The Balaban J connectivity index is 3.05. The van der Waals surface area contributed by atoms with Gasteiger partial charge in [-0.3, -0.25) is 9.89 Å². The standard InChI is InChI=1S/C5H3FN4O/c6-3-1-7-5-8-2-9-10(5)4(3)11/h1-2H,(H,7,8,9). The second-order valence-corrected chi connectivity index (χ2v) is 1.93. The Hall–Kier alpha value is -1.72. The van der Waals surface area contributed by atoms with Gasteiger partial charge in [0.05, 0.1) is 6.20 Å². The number of halogens is 1. The van der Waals surface area contributed by atoms with Crippen LogP contribution in [0, 0.1) is 5.82 Å². The van der Waals surface area contributed by atoms with Gasteiger partial charge in [0.2, 0.25) is 5.82 Å². The van der Waals surface area contributed by atoms with Crippen LogP contribution in [0.25, 0.3) is 5.78 Å². The molecule has 0 aliphatic heterocycles. The average Bonchev–Trinajstić information content (AvgIpc) is 2.45. The topological polar surface area (TPSA) is 63.0 Å². The number of aromatic amines is 1. The lowest BCUT2D eigenvalue weighted by atomic mass is 10.6. The lowest BCUT2D eigenvalue weighted by molar-refractivity contribution is 0.590. The van der Waals surface area contributed by atoms with Crippen molar-refractivity contribution in [1.29, 1.82) is 0 Å². The van der Waals surface area contributed by atoms with Crippen molar-refractivity contribution in [2.45, 2.75) is 0 Å². The van der Waals surface area contributed by atoms with E-state index in [1.165, 1.54) is 6.33 Å². The first kappa shape index (κ1) is 6.02. The molecule has 5 nitrogen and oxygen atoms in total. The minimum absolute atomic E-state index is 0.163. The molecule has 0 spiro atoms. The van der Waals surface area contributed by atoms with Gasteiger partial charge in [-0.2, -0.15) is 8.91 Å². The Morgan fingerprint density at radius 1 is 1.55 bits per heavy atom. The third-order valence-electron chi connectivity index (χ3n) is 1.27. The van der Waals surface area contributed by atoms with Gasteiger partial charge in [0, 0.05) is 0 Å². The monoisotopic (exact) mass is 154 g/mol. The van der Waals surface area contributed by atoms with E-state index in [-0.39, 0.29) is 5.78 Å². The summed E-state index contributed by atoms with van der Waals surface area (Å²) >= 11 is 0. The van der Waals surface area contributed by atoms with E-state index in [0.717, 1.165) is 10.7 Å². The predicted octanol–water partition coefficient (Wildman–Crippen LogP) is -0.443. The molecule has 0 bridgehead atoms. The van der Waals surface area contributed by atoms with Crippen LogP contribution in [-0.2, 0) is 0 Å². The molecule has 0 aliphatic rings. The Kier molecular flexibility index (Phi) is 1.03. The number of hydrogen-bond donors (Lipinski definition) is 1.